The van der Waals surface area contributed by atoms with Crippen LogP contribution in [0.1, 0.15) is 17.3 Å². The fraction of sp³-hybridized carbons (Fsp3) is 0.316. The number of para-hydroxylation sites is 2. The number of anilines is 2. The Bertz CT molecular complexity index is 738. The van der Waals surface area contributed by atoms with Gasteiger partial charge in [0.2, 0.25) is 0 Å². The zero-order chi connectivity index (χ0) is 17.8. The third-order valence-corrected chi connectivity index (χ3v) is 4.59. The molecule has 132 valence electrons. The highest BCUT2D eigenvalue weighted by Crippen LogP contribution is 2.26. The van der Waals surface area contributed by atoms with Crippen LogP contribution in [0.2, 0.25) is 0 Å². The number of nitrogens with one attached hydrogen (secondary N) is 2. The van der Waals surface area contributed by atoms with E-state index in [2.05, 4.69) is 17.1 Å². The van der Waals surface area contributed by atoms with E-state index in [4.69, 9.17) is 0 Å². The van der Waals surface area contributed by atoms with Crippen LogP contribution in [0.5, 0.6) is 0 Å². The van der Waals surface area contributed by atoms with Crippen LogP contribution in [0.3, 0.4) is 0 Å². The molecule has 0 saturated carbocycles. The van der Waals surface area contributed by atoms with Gasteiger partial charge in [0.05, 0.1) is 44.1 Å². The molecule has 1 aliphatic heterocycles. The number of carbonyl (C=O) groups excluding carboxylic acids is 1. The van der Waals surface area contributed by atoms with Gasteiger partial charge in [0.25, 0.3) is 5.91 Å². The molecule has 0 spiro atoms. The molecular formula is C19H22F2N3O+. The smallest absolute Gasteiger partial charge is 0.255 e. The predicted molar refractivity (Wildman–Crippen MR) is 94.2 cm³/mol. The quantitative estimate of drug-likeness (QED) is 0.888. The SMILES string of the molecule is CC[NH+]1CCN(c2ccccc2NC(=O)c2cc(F)cc(F)c2)CC1. The molecule has 1 fully saturated rings. The number of rotatable bonds is 4. The summed E-state index contributed by atoms with van der Waals surface area (Å²) in [5.74, 6) is -2.06. The maximum Gasteiger partial charge on any atom is 0.255 e. The lowest BCUT2D eigenvalue weighted by molar-refractivity contribution is -0.898. The molecule has 0 radical (unpaired) electrons. The van der Waals surface area contributed by atoms with Crippen LogP contribution >= 0.6 is 0 Å². The molecule has 2 N–H and O–H groups in total. The number of halogens is 2. The maximum absolute atomic E-state index is 13.3. The van der Waals surface area contributed by atoms with Gasteiger partial charge in [-0.25, -0.2) is 8.78 Å². The van der Waals surface area contributed by atoms with Crippen LogP contribution in [-0.4, -0.2) is 38.6 Å². The highest BCUT2D eigenvalue weighted by molar-refractivity contribution is 6.06. The summed E-state index contributed by atoms with van der Waals surface area (Å²) in [6.07, 6.45) is 0. The molecule has 6 heteroatoms. The first-order chi connectivity index (χ1) is 12.1. The molecule has 4 nitrogen and oxygen atoms in total. The summed E-state index contributed by atoms with van der Waals surface area (Å²) in [6, 6.07) is 10.3. The van der Waals surface area contributed by atoms with E-state index in [1.54, 1.807) is 4.90 Å². The van der Waals surface area contributed by atoms with Crippen molar-refractivity contribution in [1.82, 2.24) is 0 Å². The summed E-state index contributed by atoms with van der Waals surface area (Å²) >= 11 is 0. The monoisotopic (exact) mass is 346 g/mol. The molecule has 1 aliphatic rings. The second-order valence-corrected chi connectivity index (χ2v) is 6.22. The summed E-state index contributed by atoms with van der Waals surface area (Å²) in [4.78, 5) is 16.2. The normalized spacial score (nSPS) is 15.2. The Morgan fingerprint density at radius 3 is 2.40 bits per heavy atom. The van der Waals surface area contributed by atoms with Crippen molar-refractivity contribution < 1.29 is 18.5 Å². The van der Waals surface area contributed by atoms with Gasteiger partial charge in [-0.05, 0) is 31.2 Å². The molecule has 0 unspecified atom stereocenters. The van der Waals surface area contributed by atoms with Crippen molar-refractivity contribution >= 4 is 17.3 Å². The summed E-state index contributed by atoms with van der Waals surface area (Å²) in [7, 11) is 0. The predicted octanol–water partition coefficient (Wildman–Crippen LogP) is 1.94. The Morgan fingerprint density at radius 1 is 1.12 bits per heavy atom. The average molecular weight is 346 g/mol. The molecular weight excluding hydrogens is 324 g/mol. The Labute approximate surface area is 146 Å². The van der Waals surface area contributed by atoms with Gasteiger partial charge >= 0.3 is 0 Å². The third kappa shape index (κ3) is 4.14. The van der Waals surface area contributed by atoms with Crippen molar-refractivity contribution in [3.63, 3.8) is 0 Å². The molecule has 0 aromatic heterocycles. The van der Waals surface area contributed by atoms with E-state index in [-0.39, 0.29) is 5.56 Å². The zero-order valence-electron chi connectivity index (χ0n) is 14.2. The van der Waals surface area contributed by atoms with Crippen molar-refractivity contribution in [2.45, 2.75) is 6.92 Å². The van der Waals surface area contributed by atoms with Crippen LogP contribution in [0.4, 0.5) is 20.2 Å². The van der Waals surface area contributed by atoms with E-state index in [0.717, 1.165) is 56.6 Å². The lowest BCUT2D eigenvalue weighted by atomic mass is 10.1. The number of quaternary nitrogens is 1. The Morgan fingerprint density at radius 2 is 1.76 bits per heavy atom. The third-order valence-electron chi connectivity index (χ3n) is 4.59. The fourth-order valence-corrected chi connectivity index (χ4v) is 3.15. The maximum atomic E-state index is 13.3. The van der Waals surface area contributed by atoms with Gasteiger partial charge in [-0.1, -0.05) is 12.1 Å². The molecule has 1 heterocycles. The van der Waals surface area contributed by atoms with Crippen LogP contribution in [0.15, 0.2) is 42.5 Å². The van der Waals surface area contributed by atoms with Crippen molar-refractivity contribution in [1.29, 1.82) is 0 Å². The van der Waals surface area contributed by atoms with Gasteiger partial charge in [-0.3, -0.25) is 4.79 Å². The average Bonchev–Trinajstić information content (AvgIpc) is 2.61. The lowest BCUT2D eigenvalue weighted by Crippen LogP contribution is -3.14. The van der Waals surface area contributed by atoms with Gasteiger partial charge in [0.1, 0.15) is 11.6 Å². The van der Waals surface area contributed by atoms with Crippen LogP contribution in [-0.2, 0) is 0 Å². The second-order valence-electron chi connectivity index (χ2n) is 6.22. The van der Waals surface area contributed by atoms with E-state index in [0.29, 0.717) is 5.69 Å². The van der Waals surface area contributed by atoms with Crippen molar-refractivity contribution in [3.05, 3.63) is 59.7 Å². The van der Waals surface area contributed by atoms with Gasteiger partial charge in [-0.15, -0.1) is 0 Å². The molecule has 1 amide bonds. The standard InChI is InChI=1S/C19H21F2N3O/c1-2-23-7-9-24(10-8-23)18-6-4-3-5-17(18)22-19(25)14-11-15(20)13-16(21)12-14/h3-6,11-13H,2,7-10H2,1H3,(H,22,25)/p+1. The molecule has 3 rings (SSSR count). The number of hydrogen-bond donors (Lipinski definition) is 2. The van der Waals surface area contributed by atoms with Gasteiger partial charge in [0.15, 0.2) is 0 Å². The minimum atomic E-state index is -0.767. The largest absolute Gasteiger partial charge is 0.359 e. The highest BCUT2D eigenvalue weighted by Gasteiger charge is 2.21. The number of carbonyl (C=O) groups is 1. The first-order valence-electron chi connectivity index (χ1n) is 8.52. The van der Waals surface area contributed by atoms with Gasteiger partial charge < -0.3 is 15.1 Å². The van der Waals surface area contributed by atoms with E-state index in [9.17, 15) is 13.6 Å². The highest BCUT2D eigenvalue weighted by atomic mass is 19.1. The molecule has 1 saturated heterocycles. The van der Waals surface area contributed by atoms with Gasteiger partial charge in [-0.2, -0.15) is 0 Å². The number of nitrogens with zero attached hydrogens (tertiary/aromatic N) is 1. The van der Waals surface area contributed by atoms with E-state index >= 15 is 0 Å². The van der Waals surface area contributed by atoms with Crippen molar-refractivity contribution in [2.24, 2.45) is 0 Å². The van der Waals surface area contributed by atoms with Crippen molar-refractivity contribution in [3.8, 4) is 0 Å². The van der Waals surface area contributed by atoms with Crippen LogP contribution < -0.4 is 15.1 Å². The number of likely N-dealkylation sites (N-methyl/N-ethyl adjacent to an activating group) is 1. The Kier molecular flexibility index (Phi) is 5.28. The first kappa shape index (κ1) is 17.4. The first-order valence-corrected chi connectivity index (χ1v) is 8.52. The molecule has 2 aromatic carbocycles. The minimum Gasteiger partial charge on any atom is -0.359 e. The molecule has 25 heavy (non-hydrogen) atoms. The Balaban J connectivity index is 1.78. The van der Waals surface area contributed by atoms with E-state index in [1.807, 2.05) is 24.3 Å². The fourth-order valence-electron chi connectivity index (χ4n) is 3.15. The number of hydrogen-bond acceptors (Lipinski definition) is 2. The topological polar surface area (TPSA) is 36.8 Å². The van der Waals surface area contributed by atoms with Crippen LogP contribution in [0, 0.1) is 11.6 Å². The van der Waals surface area contributed by atoms with Gasteiger partial charge in [0, 0.05) is 11.6 Å². The Hall–Kier alpha value is -2.47. The zero-order valence-corrected chi connectivity index (χ0v) is 14.2. The summed E-state index contributed by atoms with van der Waals surface area (Å²) < 4.78 is 26.7. The summed E-state index contributed by atoms with van der Waals surface area (Å²) in [5, 5.41) is 2.78. The molecule has 2 aromatic rings. The summed E-state index contributed by atoms with van der Waals surface area (Å²) in [6.45, 7) is 7.20. The number of benzene rings is 2. The molecule has 0 bridgehead atoms. The number of piperazine rings is 1. The van der Waals surface area contributed by atoms with Crippen LogP contribution in [0.25, 0.3) is 0 Å². The lowest BCUT2D eigenvalue weighted by Gasteiger charge is -2.34. The number of amides is 1. The molecule has 0 atom stereocenters. The second kappa shape index (κ2) is 7.61. The van der Waals surface area contributed by atoms with E-state index in [1.165, 1.54) is 0 Å². The van der Waals surface area contributed by atoms with Crippen molar-refractivity contribution in [2.75, 3.05) is 42.9 Å². The molecule has 0 aliphatic carbocycles. The van der Waals surface area contributed by atoms with E-state index < -0.39 is 17.5 Å². The minimum absolute atomic E-state index is 0.0347. The summed E-state index contributed by atoms with van der Waals surface area (Å²) in [5.41, 5.74) is 1.55.